The van der Waals surface area contributed by atoms with Crippen LogP contribution >= 0.6 is 0 Å². The van der Waals surface area contributed by atoms with Gasteiger partial charge in [0.1, 0.15) is 5.82 Å². The first-order chi connectivity index (χ1) is 15.4. The van der Waals surface area contributed by atoms with Crippen molar-refractivity contribution in [1.29, 1.82) is 0 Å². The van der Waals surface area contributed by atoms with Crippen LogP contribution in [0, 0.1) is 0 Å². The number of amides is 2. The molecule has 0 atom stereocenters. The number of alkyl halides is 2. The standard InChI is InChI=1S/C24H26F2N4O2/c1-2-28-14-18-12-19(6-7-20(18)23(28)32)30-10-3-5-16-11-17(13-27-21(16)30)22(31)29-9-4-8-24(25,26)15-29/h6-7,11-13H,2-5,8-10,14-15H2,1H3. The molecule has 0 saturated carbocycles. The number of carbonyl (C=O) groups excluding carboxylic acids is 2. The summed E-state index contributed by atoms with van der Waals surface area (Å²) in [5.74, 6) is -2.35. The molecule has 2 amide bonds. The van der Waals surface area contributed by atoms with Gasteiger partial charge in [-0.1, -0.05) is 0 Å². The second kappa shape index (κ2) is 7.83. The number of rotatable bonds is 3. The number of pyridine rings is 1. The summed E-state index contributed by atoms with van der Waals surface area (Å²) in [4.78, 5) is 35.0. The third-order valence-corrected chi connectivity index (χ3v) is 6.61. The van der Waals surface area contributed by atoms with Gasteiger partial charge < -0.3 is 14.7 Å². The van der Waals surface area contributed by atoms with Crippen molar-refractivity contribution in [3.63, 3.8) is 0 Å². The quantitative estimate of drug-likeness (QED) is 0.724. The highest BCUT2D eigenvalue weighted by Gasteiger charge is 2.37. The molecule has 32 heavy (non-hydrogen) atoms. The van der Waals surface area contributed by atoms with E-state index in [-0.39, 0.29) is 18.2 Å². The van der Waals surface area contributed by atoms with Crippen molar-refractivity contribution in [3.8, 4) is 0 Å². The summed E-state index contributed by atoms with van der Waals surface area (Å²) in [7, 11) is 0. The van der Waals surface area contributed by atoms with Crippen LogP contribution < -0.4 is 4.90 Å². The second-order valence-electron chi connectivity index (χ2n) is 8.81. The molecule has 0 unspecified atom stereocenters. The average molecular weight is 440 g/mol. The molecule has 6 nitrogen and oxygen atoms in total. The summed E-state index contributed by atoms with van der Waals surface area (Å²) >= 11 is 0. The highest BCUT2D eigenvalue weighted by atomic mass is 19.3. The van der Waals surface area contributed by atoms with Crippen LogP contribution in [0.2, 0.25) is 0 Å². The molecular formula is C24H26F2N4O2. The number of hydrogen-bond donors (Lipinski definition) is 0. The van der Waals surface area contributed by atoms with Crippen molar-refractivity contribution < 1.29 is 18.4 Å². The molecule has 1 aromatic heterocycles. The Morgan fingerprint density at radius 1 is 1.16 bits per heavy atom. The first kappa shape index (κ1) is 20.8. The van der Waals surface area contributed by atoms with Gasteiger partial charge in [-0.25, -0.2) is 13.8 Å². The molecule has 0 N–H and O–H groups in total. The number of likely N-dealkylation sites (tertiary alicyclic amines) is 1. The lowest BCUT2D eigenvalue weighted by molar-refractivity contribution is -0.0560. The molecule has 4 heterocycles. The van der Waals surface area contributed by atoms with E-state index < -0.39 is 12.5 Å². The SMILES string of the molecule is CCN1Cc2cc(N3CCCc4cc(C(=O)N5CCCC(F)(F)C5)cnc43)ccc2C1=O. The van der Waals surface area contributed by atoms with Gasteiger partial charge in [-0.05, 0) is 61.6 Å². The lowest BCUT2D eigenvalue weighted by atomic mass is 10.0. The Hall–Kier alpha value is -3.03. The van der Waals surface area contributed by atoms with Gasteiger partial charge in [0, 0.05) is 50.0 Å². The van der Waals surface area contributed by atoms with E-state index in [0.717, 1.165) is 47.6 Å². The zero-order valence-electron chi connectivity index (χ0n) is 18.1. The molecule has 1 fully saturated rings. The van der Waals surface area contributed by atoms with Gasteiger partial charge in [-0.2, -0.15) is 0 Å². The van der Waals surface area contributed by atoms with Gasteiger partial charge in [-0.15, -0.1) is 0 Å². The summed E-state index contributed by atoms with van der Waals surface area (Å²) in [6.45, 7) is 3.87. The van der Waals surface area contributed by atoms with Crippen molar-refractivity contribution in [2.24, 2.45) is 0 Å². The van der Waals surface area contributed by atoms with Crippen molar-refractivity contribution in [1.82, 2.24) is 14.8 Å². The summed E-state index contributed by atoms with van der Waals surface area (Å²) in [5, 5.41) is 0. The molecule has 0 aliphatic carbocycles. The van der Waals surface area contributed by atoms with Crippen LogP contribution in [0.1, 0.15) is 58.0 Å². The van der Waals surface area contributed by atoms with Crippen LogP contribution in [0.3, 0.4) is 0 Å². The molecule has 3 aliphatic heterocycles. The van der Waals surface area contributed by atoms with Crippen molar-refractivity contribution in [3.05, 3.63) is 52.7 Å². The molecule has 0 radical (unpaired) electrons. The number of aryl methyl sites for hydroxylation is 1. The van der Waals surface area contributed by atoms with Crippen molar-refractivity contribution in [2.75, 3.05) is 31.1 Å². The monoisotopic (exact) mass is 440 g/mol. The zero-order chi connectivity index (χ0) is 22.5. The topological polar surface area (TPSA) is 56.8 Å². The number of aromatic nitrogens is 1. The maximum Gasteiger partial charge on any atom is 0.265 e. The Kier molecular flexibility index (Phi) is 5.10. The van der Waals surface area contributed by atoms with E-state index in [1.54, 1.807) is 6.07 Å². The number of hydrogen-bond acceptors (Lipinski definition) is 4. The number of nitrogens with zero attached hydrogens (tertiary/aromatic N) is 4. The molecule has 2 aromatic rings. The minimum Gasteiger partial charge on any atom is -0.335 e. The highest BCUT2D eigenvalue weighted by Crippen LogP contribution is 2.35. The van der Waals surface area contributed by atoms with Gasteiger partial charge in [0.2, 0.25) is 0 Å². The normalized spacial score (nSPS) is 19.7. The summed E-state index contributed by atoms with van der Waals surface area (Å²) in [5.41, 5.74) is 4.04. The van der Waals surface area contributed by atoms with E-state index in [2.05, 4.69) is 16.0 Å². The van der Waals surface area contributed by atoms with E-state index in [1.165, 1.54) is 11.1 Å². The predicted molar refractivity (Wildman–Crippen MR) is 117 cm³/mol. The van der Waals surface area contributed by atoms with Gasteiger partial charge >= 0.3 is 0 Å². The number of benzene rings is 1. The van der Waals surface area contributed by atoms with Crippen molar-refractivity contribution in [2.45, 2.75) is 45.1 Å². The number of halogens is 2. The fourth-order valence-electron chi connectivity index (χ4n) is 4.94. The Bertz CT molecular complexity index is 1090. The molecular weight excluding hydrogens is 414 g/mol. The molecule has 3 aliphatic rings. The Balaban J connectivity index is 1.41. The molecule has 1 aromatic carbocycles. The van der Waals surface area contributed by atoms with E-state index in [1.807, 2.05) is 24.0 Å². The van der Waals surface area contributed by atoms with Crippen LogP contribution in [0.5, 0.6) is 0 Å². The number of piperidine rings is 1. The minimum atomic E-state index is -2.82. The fraction of sp³-hybridized carbons (Fsp3) is 0.458. The van der Waals surface area contributed by atoms with E-state index in [4.69, 9.17) is 0 Å². The lowest BCUT2D eigenvalue weighted by Gasteiger charge is -2.33. The van der Waals surface area contributed by atoms with Crippen LogP contribution in [-0.4, -0.2) is 58.7 Å². The summed E-state index contributed by atoms with van der Waals surface area (Å²) in [6.07, 6.45) is 3.31. The molecule has 0 spiro atoms. The molecule has 5 rings (SSSR count). The largest absolute Gasteiger partial charge is 0.335 e. The minimum absolute atomic E-state index is 0.0673. The molecule has 8 heteroatoms. The van der Waals surface area contributed by atoms with Gasteiger partial charge in [0.05, 0.1) is 12.1 Å². The third kappa shape index (κ3) is 3.61. The number of fused-ring (bicyclic) bond motifs is 2. The van der Waals surface area contributed by atoms with E-state index >= 15 is 0 Å². The number of carbonyl (C=O) groups is 2. The fourth-order valence-corrected chi connectivity index (χ4v) is 4.94. The van der Waals surface area contributed by atoms with Gasteiger partial charge in [-0.3, -0.25) is 9.59 Å². The summed E-state index contributed by atoms with van der Waals surface area (Å²) < 4.78 is 27.5. The lowest BCUT2D eigenvalue weighted by Crippen LogP contribution is -2.45. The highest BCUT2D eigenvalue weighted by molar-refractivity contribution is 5.99. The molecule has 0 bridgehead atoms. The number of anilines is 2. The average Bonchev–Trinajstić information content (AvgIpc) is 3.12. The predicted octanol–water partition coefficient (Wildman–Crippen LogP) is 4.01. The van der Waals surface area contributed by atoms with Crippen molar-refractivity contribution >= 4 is 23.3 Å². The van der Waals surface area contributed by atoms with Crippen LogP contribution in [0.4, 0.5) is 20.3 Å². The molecule has 1 saturated heterocycles. The van der Waals surface area contributed by atoms with E-state index in [9.17, 15) is 18.4 Å². The smallest absolute Gasteiger partial charge is 0.265 e. The Morgan fingerprint density at radius 3 is 2.78 bits per heavy atom. The van der Waals surface area contributed by atoms with Gasteiger partial charge in [0.25, 0.3) is 17.7 Å². The summed E-state index contributed by atoms with van der Waals surface area (Å²) in [6, 6.07) is 7.68. The first-order valence-electron chi connectivity index (χ1n) is 11.2. The van der Waals surface area contributed by atoms with Gasteiger partial charge in [0.15, 0.2) is 0 Å². The maximum atomic E-state index is 13.8. The second-order valence-corrected chi connectivity index (χ2v) is 8.81. The molecule has 168 valence electrons. The maximum absolute atomic E-state index is 13.8. The Labute approximate surface area is 185 Å². The van der Waals surface area contributed by atoms with Crippen LogP contribution in [-0.2, 0) is 13.0 Å². The third-order valence-electron chi connectivity index (χ3n) is 6.61. The van der Waals surface area contributed by atoms with Crippen LogP contribution in [0.25, 0.3) is 0 Å². The van der Waals surface area contributed by atoms with E-state index in [0.29, 0.717) is 31.6 Å². The van der Waals surface area contributed by atoms with Crippen LogP contribution in [0.15, 0.2) is 30.5 Å². The first-order valence-corrected chi connectivity index (χ1v) is 11.2. The zero-order valence-corrected chi connectivity index (χ0v) is 18.1. The Morgan fingerprint density at radius 2 is 2.00 bits per heavy atom.